The monoisotopic (exact) mass is 363 g/mol. The molecule has 0 aliphatic rings. The lowest BCUT2D eigenvalue weighted by molar-refractivity contribution is 0.429. The summed E-state index contributed by atoms with van der Waals surface area (Å²) in [5.74, 6) is 1.66. The van der Waals surface area contributed by atoms with Crippen molar-refractivity contribution < 1.29 is 4.39 Å². The number of H-pyrrole nitrogens is 1. The molecule has 0 fully saturated rings. The van der Waals surface area contributed by atoms with E-state index in [9.17, 15) is 4.39 Å². The highest BCUT2D eigenvalue weighted by molar-refractivity contribution is 5.89. The SMILES string of the molecule is Cc1nc2c(-c3nc(-c4nccn5nccc45)nn3CCF)cncc2[nH]1. The van der Waals surface area contributed by atoms with Gasteiger partial charge in [0, 0.05) is 18.6 Å². The van der Waals surface area contributed by atoms with E-state index in [4.69, 9.17) is 0 Å². The van der Waals surface area contributed by atoms with Crippen molar-refractivity contribution in [2.75, 3.05) is 6.67 Å². The van der Waals surface area contributed by atoms with Crippen molar-refractivity contribution in [1.29, 1.82) is 0 Å². The van der Waals surface area contributed by atoms with E-state index in [1.54, 1.807) is 35.5 Å². The lowest BCUT2D eigenvalue weighted by Crippen LogP contribution is -2.05. The molecule has 0 aliphatic heterocycles. The van der Waals surface area contributed by atoms with E-state index in [1.165, 1.54) is 4.68 Å². The fraction of sp³-hybridized carbons (Fsp3) is 0.176. The second kappa shape index (κ2) is 5.94. The first-order valence-corrected chi connectivity index (χ1v) is 8.35. The number of halogens is 1. The Hall–Kier alpha value is -3.69. The van der Waals surface area contributed by atoms with Crippen LogP contribution in [-0.4, -0.2) is 51.0 Å². The average molecular weight is 363 g/mol. The fourth-order valence-corrected chi connectivity index (χ4v) is 3.13. The quantitative estimate of drug-likeness (QED) is 0.525. The molecule has 0 saturated heterocycles. The zero-order valence-corrected chi connectivity index (χ0v) is 14.3. The molecule has 5 aromatic heterocycles. The number of aromatic amines is 1. The number of rotatable bonds is 4. The summed E-state index contributed by atoms with van der Waals surface area (Å²) in [5.41, 5.74) is 3.54. The molecule has 0 radical (unpaired) electrons. The maximum Gasteiger partial charge on any atom is 0.202 e. The maximum absolute atomic E-state index is 13.2. The number of hydrogen-bond donors (Lipinski definition) is 1. The fourth-order valence-electron chi connectivity index (χ4n) is 3.13. The second-order valence-corrected chi connectivity index (χ2v) is 6.01. The third-order valence-corrected chi connectivity index (χ3v) is 4.26. The molecule has 0 amide bonds. The third kappa shape index (κ3) is 2.45. The Morgan fingerprint density at radius 3 is 3.00 bits per heavy atom. The normalized spacial score (nSPS) is 11.6. The molecule has 1 N–H and O–H groups in total. The van der Waals surface area contributed by atoms with Gasteiger partial charge in [-0.1, -0.05) is 0 Å². The van der Waals surface area contributed by atoms with E-state index in [2.05, 4.69) is 35.1 Å². The van der Waals surface area contributed by atoms with Gasteiger partial charge < -0.3 is 4.98 Å². The van der Waals surface area contributed by atoms with E-state index in [1.807, 2.05) is 13.0 Å². The summed E-state index contributed by atoms with van der Waals surface area (Å²) in [7, 11) is 0. The van der Waals surface area contributed by atoms with Crippen LogP contribution in [0.4, 0.5) is 4.39 Å². The lowest BCUT2D eigenvalue weighted by atomic mass is 10.2. The van der Waals surface area contributed by atoms with E-state index in [0.717, 1.165) is 22.4 Å². The van der Waals surface area contributed by atoms with Gasteiger partial charge in [0.25, 0.3) is 0 Å². The molecule has 0 spiro atoms. The van der Waals surface area contributed by atoms with Crippen LogP contribution in [0.25, 0.3) is 39.5 Å². The van der Waals surface area contributed by atoms with Crippen molar-refractivity contribution >= 4 is 16.6 Å². The summed E-state index contributed by atoms with van der Waals surface area (Å²) < 4.78 is 16.4. The van der Waals surface area contributed by atoms with Gasteiger partial charge in [-0.2, -0.15) is 5.10 Å². The highest BCUT2D eigenvalue weighted by Gasteiger charge is 2.19. The number of nitrogens with zero attached hydrogens (tertiary/aromatic N) is 8. The topological polar surface area (TPSA) is 102 Å². The van der Waals surface area contributed by atoms with Crippen LogP contribution in [0.1, 0.15) is 5.82 Å². The van der Waals surface area contributed by atoms with Crippen molar-refractivity contribution in [3.8, 4) is 22.9 Å². The van der Waals surface area contributed by atoms with Crippen LogP contribution in [0.5, 0.6) is 0 Å². The highest BCUT2D eigenvalue weighted by atomic mass is 19.1. The molecule has 134 valence electrons. The van der Waals surface area contributed by atoms with Gasteiger partial charge >= 0.3 is 0 Å². The van der Waals surface area contributed by atoms with Crippen molar-refractivity contribution in [3.63, 3.8) is 0 Å². The van der Waals surface area contributed by atoms with Crippen molar-refractivity contribution in [2.45, 2.75) is 13.5 Å². The van der Waals surface area contributed by atoms with Crippen LogP contribution in [0.2, 0.25) is 0 Å². The molecular weight excluding hydrogens is 349 g/mol. The van der Waals surface area contributed by atoms with Crippen LogP contribution in [0.15, 0.2) is 37.1 Å². The van der Waals surface area contributed by atoms with Crippen LogP contribution < -0.4 is 0 Å². The summed E-state index contributed by atoms with van der Waals surface area (Å²) >= 11 is 0. The van der Waals surface area contributed by atoms with Gasteiger partial charge in [0.15, 0.2) is 5.82 Å². The molecular formula is C17H14FN9. The predicted molar refractivity (Wildman–Crippen MR) is 95.6 cm³/mol. The largest absolute Gasteiger partial charge is 0.341 e. The van der Waals surface area contributed by atoms with E-state index < -0.39 is 6.67 Å². The van der Waals surface area contributed by atoms with Gasteiger partial charge in [0.2, 0.25) is 5.82 Å². The first-order chi connectivity index (χ1) is 13.2. The van der Waals surface area contributed by atoms with Crippen molar-refractivity contribution in [3.05, 3.63) is 42.9 Å². The minimum atomic E-state index is -0.566. The number of alkyl halides is 1. The summed E-state index contributed by atoms with van der Waals surface area (Å²) in [6.45, 7) is 1.37. The molecule has 0 bridgehead atoms. The van der Waals surface area contributed by atoms with Crippen LogP contribution in [0, 0.1) is 6.92 Å². The molecule has 0 aliphatic carbocycles. The van der Waals surface area contributed by atoms with Crippen LogP contribution >= 0.6 is 0 Å². The summed E-state index contributed by atoms with van der Waals surface area (Å²) in [4.78, 5) is 21.0. The van der Waals surface area contributed by atoms with Gasteiger partial charge in [-0.15, -0.1) is 5.10 Å². The van der Waals surface area contributed by atoms with Gasteiger partial charge in [-0.05, 0) is 13.0 Å². The first-order valence-electron chi connectivity index (χ1n) is 8.35. The standard InChI is InChI=1S/C17H14FN9/c1-10-22-12-9-19-8-11(14(12)23-10)17-24-16(25-27(17)6-3-18)15-13-2-4-21-26(13)7-5-20-15/h2,4-5,7-9H,3,6H2,1H3,(H,22,23). The summed E-state index contributed by atoms with van der Waals surface area (Å²) in [6, 6.07) is 1.83. The zero-order valence-electron chi connectivity index (χ0n) is 14.3. The Kier molecular flexibility index (Phi) is 3.42. The third-order valence-electron chi connectivity index (χ3n) is 4.26. The summed E-state index contributed by atoms with van der Waals surface area (Å²) in [5, 5.41) is 8.69. The highest BCUT2D eigenvalue weighted by Crippen LogP contribution is 2.28. The van der Waals surface area contributed by atoms with Crippen molar-refractivity contribution in [1.82, 2.24) is 44.3 Å². The smallest absolute Gasteiger partial charge is 0.202 e. The average Bonchev–Trinajstić information content (AvgIpc) is 3.38. The van der Waals surface area contributed by atoms with E-state index in [0.29, 0.717) is 22.9 Å². The van der Waals surface area contributed by atoms with Gasteiger partial charge in [0.1, 0.15) is 23.7 Å². The van der Waals surface area contributed by atoms with Gasteiger partial charge in [-0.3, -0.25) is 4.98 Å². The lowest BCUT2D eigenvalue weighted by Gasteiger charge is -2.03. The number of imidazole rings is 1. The maximum atomic E-state index is 13.2. The number of fused-ring (bicyclic) bond motifs is 2. The molecule has 0 aromatic carbocycles. The molecule has 27 heavy (non-hydrogen) atoms. The number of nitrogens with one attached hydrogen (secondary N) is 1. The molecule has 9 nitrogen and oxygen atoms in total. The molecule has 5 aromatic rings. The summed E-state index contributed by atoms with van der Waals surface area (Å²) in [6.07, 6.45) is 8.42. The molecule has 5 rings (SSSR count). The molecule has 5 heterocycles. The number of aryl methyl sites for hydroxylation is 2. The Labute approximate surface area is 151 Å². The van der Waals surface area contributed by atoms with Crippen LogP contribution in [0.3, 0.4) is 0 Å². The molecule has 0 atom stereocenters. The van der Waals surface area contributed by atoms with Gasteiger partial charge in [-0.25, -0.2) is 28.5 Å². The Balaban J connectivity index is 1.74. The Bertz CT molecular complexity index is 1270. The zero-order chi connectivity index (χ0) is 18.4. The van der Waals surface area contributed by atoms with Gasteiger partial charge in [0.05, 0.1) is 35.5 Å². The number of hydrogen-bond acceptors (Lipinski definition) is 6. The Morgan fingerprint density at radius 1 is 1.19 bits per heavy atom. The Morgan fingerprint density at radius 2 is 2.11 bits per heavy atom. The van der Waals surface area contributed by atoms with E-state index >= 15 is 0 Å². The van der Waals surface area contributed by atoms with Crippen LogP contribution in [-0.2, 0) is 6.54 Å². The molecule has 10 heteroatoms. The van der Waals surface area contributed by atoms with E-state index in [-0.39, 0.29) is 6.54 Å². The molecule has 0 unspecified atom stereocenters. The minimum absolute atomic E-state index is 0.0739. The first kappa shape index (κ1) is 15.6. The predicted octanol–water partition coefficient (Wildman–Crippen LogP) is 2.20. The number of aromatic nitrogens is 9. The molecule has 0 saturated carbocycles. The van der Waals surface area contributed by atoms with Crippen molar-refractivity contribution in [2.24, 2.45) is 0 Å². The second-order valence-electron chi connectivity index (χ2n) is 6.01. The minimum Gasteiger partial charge on any atom is -0.341 e. The number of pyridine rings is 1.